The van der Waals surface area contributed by atoms with Crippen molar-refractivity contribution in [2.75, 3.05) is 51.0 Å². The molecule has 31 heavy (non-hydrogen) atoms. The molecule has 0 radical (unpaired) electrons. The molecule has 1 aliphatic rings. The van der Waals surface area contributed by atoms with Crippen molar-refractivity contribution in [3.63, 3.8) is 0 Å². The van der Waals surface area contributed by atoms with Crippen LogP contribution in [0.5, 0.6) is 5.75 Å². The molecule has 1 fully saturated rings. The molecule has 0 bridgehead atoms. The lowest BCUT2D eigenvalue weighted by Gasteiger charge is -2.33. The fourth-order valence-corrected chi connectivity index (χ4v) is 3.60. The second-order valence-corrected chi connectivity index (χ2v) is 7.43. The average Bonchev–Trinajstić information content (AvgIpc) is 2.82. The van der Waals surface area contributed by atoms with Crippen LogP contribution in [0.15, 0.2) is 42.7 Å². The topological polar surface area (TPSA) is 107 Å². The van der Waals surface area contributed by atoms with Crippen LogP contribution in [-0.2, 0) is 9.53 Å². The molecule has 162 valence electrons. The normalized spacial score (nSPS) is 16.3. The first-order valence-electron chi connectivity index (χ1n) is 10.2. The van der Waals surface area contributed by atoms with E-state index in [1.165, 1.54) is 6.33 Å². The smallest absolute Gasteiger partial charge is 0.224 e. The highest BCUT2D eigenvalue weighted by Gasteiger charge is 2.26. The van der Waals surface area contributed by atoms with Crippen LogP contribution < -0.4 is 15.4 Å². The molecule has 1 aliphatic heterocycles. The number of amides is 1. The molecule has 3 heterocycles. The number of rotatable bonds is 6. The van der Waals surface area contributed by atoms with E-state index >= 15 is 0 Å². The average molecular weight is 422 g/mol. The molecule has 9 nitrogen and oxygen atoms in total. The molecular weight excluding hydrogens is 396 g/mol. The second-order valence-electron chi connectivity index (χ2n) is 7.43. The summed E-state index contributed by atoms with van der Waals surface area (Å²) in [6.45, 7) is 2.13. The number of anilines is 2. The minimum absolute atomic E-state index is 0.0982. The quantitative estimate of drug-likeness (QED) is 0.643. The van der Waals surface area contributed by atoms with Gasteiger partial charge < -0.3 is 25.0 Å². The number of carbonyl (C=O) groups excluding carboxylic acids is 1. The van der Waals surface area contributed by atoms with Gasteiger partial charge in [0.2, 0.25) is 5.91 Å². The number of hydrogen-bond acceptors (Lipinski definition) is 8. The SMILES string of the molecule is COc1ccc(N(C)CCC(=O)N2CCO[C@@H](c3ccc4c(N)ncnc4n3)C2)cc1. The van der Waals surface area contributed by atoms with Crippen molar-refractivity contribution in [3.8, 4) is 5.75 Å². The molecule has 2 aromatic heterocycles. The summed E-state index contributed by atoms with van der Waals surface area (Å²) in [4.78, 5) is 29.5. The first-order valence-corrected chi connectivity index (χ1v) is 10.2. The number of carbonyl (C=O) groups is 1. The van der Waals surface area contributed by atoms with E-state index in [0.29, 0.717) is 49.5 Å². The summed E-state index contributed by atoms with van der Waals surface area (Å²) in [7, 11) is 3.62. The molecule has 0 unspecified atom stereocenters. The van der Waals surface area contributed by atoms with E-state index < -0.39 is 0 Å². The van der Waals surface area contributed by atoms with Gasteiger partial charge in [0, 0.05) is 32.2 Å². The Morgan fingerprint density at radius 2 is 2.06 bits per heavy atom. The number of fused-ring (bicyclic) bond motifs is 1. The number of methoxy groups -OCH3 is 1. The maximum Gasteiger partial charge on any atom is 0.224 e. The lowest BCUT2D eigenvalue weighted by Crippen LogP contribution is -2.43. The number of hydrogen-bond donors (Lipinski definition) is 1. The fraction of sp³-hybridized carbons (Fsp3) is 0.364. The second kappa shape index (κ2) is 9.13. The molecule has 1 amide bonds. The molecule has 1 aromatic carbocycles. The van der Waals surface area contributed by atoms with Crippen molar-refractivity contribution in [1.82, 2.24) is 19.9 Å². The number of nitrogens with zero attached hydrogens (tertiary/aromatic N) is 5. The van der Waals surface area contributed by atoms with E-state index in [9.17, 15) is 4.79 Å². The monoisotopic (exact) mass is 422 g/mol. The van der Waals surface area contributed by atoms with Gasteiger partial charge in [-0.15, -0.1) is 0 Å². The van der Waals surface area contributed by atoms with Crippen molar-refractivity contribution >= 4 is 28.4 Å². The van der Waals surface area contributed by atoms with Crippen molar-refractivity contribution in [2.45, 2.75) is 12.5 Å². The first-order chi connectivity index (χ1) is 15.0. The van der Waals surface area contributed by atoms with Crippen LogP contribution in [0.25, 0.3) is 11.0 Å². The molecule has 9 heteroatoms. The molecule has 0 spiro atoms. The van der Waals surface area contributed by atoms with Gasteiger partial charge >= 0.3 is 0 Å². The van der Waals surface area contributed by atoms with Gasteiger partial charge in [-0.1, -0.05) is 0 Å². The molecule has 3 aromatic rings. The highest BCUT2D eigenvalue weighted by molar-refractivity contribution is 5.84. The summed E-state index contributed by atoms with van der Waals surface area (Å²) >= 11 is 0. The predicted octanol–water partition coefficient (Wildman–Crippen LogP) is 2.04. The van der Waals surface area contributed by atoms with Gasteiger partial charge in [0.1, 0.15) is 24.0 Å². The Labute approximate surface area is 180 Å². The van der Waals surface area contributed by atoms with Crippen molar-refractivity contribution in [1.29, 1.82) is 0 Å². The zero-order valence-corrected chi connectivity index (χ0v) is 17.7. The van der Waals surface area contributed by atoms with E-state index in [1.54, 1.807) is 7.11 Å². The number of pyridine rings is 1. The Balaban J connectivity index is 1.37. The summed E-state index contributed by atoms with van der Waals surface area (Å²) < 4.78 is 11.1. The molecule has 0 aliphatic carbocycles. The van der Waals surface area contributed by atoms with Gasteiger partial charge in [0.25, 0.3) is 0 Å². The Morgan fingerprint density at radius 1 is 1.26 bits per heavy atom. The lowest BCUT2D eigenvalue weighted by atomic mass is 10.1. The summed E-state index contributed by atoms with van der Waals surface area (Å²) in [5.74, 6) is 1.30. The number of morpholine rings is 1. The number of nitrogen functional groups attached to an aromatic ring is 1. The predicted molar refractivity (Wildman–Crippen MR) is 118 cm³/mol. The summed E-state index contributed by atoms with van der Waals surface area (Å²) in [5.41, 5.74) is 8.17. The zero-order valence-electron chi connectivity index (χ0n) is 17.7. The van der Waals surface area contributed by atoms with Gasteiger partial charge in [-0.05, 0) is 36.4 Å². The minimum atomic E-state index is -0.294. The minimum Gasteiger partial charge on any atom is -0.497 e. The standard InChI is InChI=1S/C22H26N6O3/c1-27(15-3-5-16(30-2)6-4-15)10-9-20(29)28-11-12-31-19(13-28)18-8-7-17-21(23)24-14-25-22(17)26-18/h3-8,14,19H,9-13H2,1-2H3,(H2,23,24,25,26)/t19-/m1/s1. The van der Waals surface area contributed by atoms with Crippen molar-refractivity contribution in [3.05, 3.63) is 48.4 Å². The number of benzene rings is 1. The van der Waals surface area contributed by atoms with E-state index in [2.05, 4.69) is 19.9 Å². The van der Waals surface area contributed by atoms with Crippen LogP contribution >= 0.6 is 0 Å². The summed E-state index contributed by atoms with van der Waals surface area (Å²) in [5, 5.41) is 0.705. The third-order valence-corrected chi connectivity index (χ3v) is 5.47. The van der Waals surface area contributed by atoms with E-state index in [4.69, 9.17) is 15.2 Å². The fourth-order valence-electron chi connectivity index (χ4n) is 3.60. The third-order valence-electron chi connectivity index (χ3n) is 5.47. The number of aromatic nitrogens is 3. The molecule has 1 atom stereocenters. The largest absolute Gasteiger partial charge is 0.497 e. The first kappa shape index (κ1) is 20.8. The van der Waals surface area contributed by atoms with Crippen LogP contribution in [0, 0.1) is 0 Å². The summed E-state index contributed by atoms with van der Waals surface area (Å²) in [6, 6.07) is 11.5. The van der Waals surface area contributed by atoms with E-state index in [1.807, 2.05) is 48.3 Å². The number of ether oxygens (including phenoxy) is 2. The van der Waals surface area contributed by atoms with Crippen LogP contribution in [-0.4, -0.2) is 66.2 Å². The van der Waals surface area contributed by atoms with Crippen LogP contribution in [0.4, 0.5) is 11.5 Å². The molecule has 1 saturated heterocycles. The summed E-state index contributed by atoms with van der Waals surface area (Å²) in [6.07, 6.45) is 1.52. The van der Waals surface area contributed by atoms with E-state index in [0.717, 1.165) is 17.1 Å². The lowest BCUT2D eigenvalue weighted by molar-refractivity contribution is -0.138. The Kier molecular flexibility index (Phi) is 6.13. The van der Waals surface area contributed by atoms with Gasteiger partial charge in [-0.25, -0.2) is 15.0 Å². The van der Waals surface area contributed by atoms with Crippen LogP contribution in [0.1, 0.15) is 18.2 Å². The van der Waals surface area contributed by atoms with E-state index in [-0.39, 0.29) is 12.0 Å². The Hall–Kier alpha value is -3.46. The van der Waals surface area contributed by atoms with Crippen molar-refractivity contribution < 1.29 is 14.3 Å². The molecule has 4 rings (SSSR count). The molecular formula is C22H26N6O3. The van der Waals surface area contributed by atoms with Gasteiger partial charge in [-0.2, -0.15) is 0 Å². The van der Waals surface area contributed by atoms with Gasteiger partial charge in [-0.3, -0.25) is 4.79 Å². The molecule has 2 N–H and O–H groups in total. The molecule has 0 saturated carbocycles. The maximum atomic E-state index is 12.8. The van der Waals surface area contributed by atoms with Crippen molar-refractivity contribution in [2.24, 2.45) is 0 Å². The highest BCUT2D eigenvalue weighted by atomic mass is 16.5. The zero-order chi connectivity index (χ0) is 21.8. The van der Waals surface area contributed by atoms with Crippen LogP contribution in [0.3, 0.4) is 0 Å². The van der Waals surface area contributed by atoms with Gasteiger partial charge in [0.05, 0.1) is 31.3 Å². The Morgan fingerprint density at radius 3 is 2.84 bits per heavy atom. The Bertz CT molecular complexity index is 1060. The number of nitrogens with two attached hydrogens (primary N) is 1. The third kappa shape index (κ3) is 4.66. The van der Waals surface area contributed by atoms with Gasteiger partial charge in [0.15, 0.2) is 5.65 Å². The highest BCUT2D eigenvalue weighted by Crippen LogP contribution is 2.24. The van der Waals surface area contributed by atoms with Crippen LogP contribution in [0.2, 0.25) is 0 Å². The maximum absolute atomic E-state index is 12.8.